The van der Waals surface area contributed by atoms with Crippen molar-refractivity contribution in [3.05, 3.63) is 35.4 Å². The number of amides is 2. The van der Waals surface area contributed by atoms with E-state index in [2.05, 4.69) is 29.6 Å². The highest BCUT2D eigenvalue weighted by molar-refractivity contribution is 5.93. The third-order valence-corrected chi connectivity index (χ3v) is 4.63. The third-order valence-electron chi connectivity index (χ3n) is 4.63. The molecule has 1 unspecified atom stereocenters. The molecule has 1 aliphatic heterocycles. The first-order valence-electron chi connectivity index (χ1n) is 7.65. The molecule has 0 radical (unpaired) electrons. The minimum absolute atomic E-state index is 0.0100. The lowest BCUT2D eigenvalue weighted by Crippen LogP contribution is -2.56. The number of aryl methyl sites for hydroxylation is 1. The van der Waals surface area contributed by atoms with Crippen LogP contribution < -0.4 is 5.32 Å². The van der Waals surface area contributed by atoms with Gasteiger partial charge in [0, 0.05) is 19.5 Å². The zero-order chi connectivity index (χ0) is 15.0. The second-order valence-corrected chi connectivity index (χ2v) is 6.49. The summed E-state index contributed by atoms with van der Waals surface area (Å²) < 4.78 is 0. The van der Waals surface area contributed by atoms with E-state index in [0.717, 1.165) is 18.4 Å². The summed E-state index contributed by atoms with van der Waals surface area (Å²) in [6, 6.07) is 8.22. The molecule has 2 amide bonds. The summed E-state index contributed by atoms with van der Waals surface area (Å²) >= 11 is 0. The SMILES string of the molecule is Cc1ccc(CN2CCC(=O)NC(C)(C3CC3)C2=O)cc1. The first kappa shape index (κ1) is 14.1. The van der Waals surface area contributed by atoms with Crippen molar-refractivity contribution < 1.29 is 9.59 Å². The first-order chi connectivity index (χ1) is 9.99. The van der Waals surface area contributed by atoms with Gasteiger partial charge in [0.15, 0.2) is 0 Å². The molecule has 0 aromatic heterocycles. The van der Waals surface area contributed by atoms with E-state index in [-0.39, 0.29) is 11.8 Å². The number of rotatable bonds is 3. The number of nitrogens with zero attached hydrogens (tertiary/aromatic N) is 1. The Kier molecular flexibility index (Phi) is 3.47. The molecule has 1 N–H and O–H groups in total. The van der Waals surface area contributed by atoms with Crippen molar-refractivity contribution in [2.24, 2.45) is 5.92 Å². The van der Waals surface area contributed by atoms with Crippen molar-refractivity contribution in [2.75, 3.05) is 6.54 Å². The highest BCUT2D eigenvalue weighted by atomic mass is 16.2. The Morgan fingerprint density at radius 2 is 1.90 bits per heavy atom. The van der Waals surface area contributed by atoms with Gasteiger partial charge in [-0.1, -0.05) is 29.8 Å². The Morgan fingerprint density at radius 3 is 2.52 bits per heavy atom. The number of carbonyl (C=O) groups is 2. The van der Waals surface area contributed by atoms with Crippen molar-refractivity contribution in [3.63, 3.8) is 0 Å². The second kappa shape index (κ2) is 5.17. The van der Waals surface area contributed by atoms with E-state index in [4.69, 9.17) is 0 Å². The summed E-state index contributed by atoms with van der Waals surface area (Å²) in [4.78, 5) is 26.6. The molecule has 21 heavy (non-hydrogen) atoms. The molecule has 1 aliphatic carbocycles. The summed E-state index contributed by atoms with van der Waals surface area (Å²) in [7, 11) is 0. The van der Waals surface area contributed by atoms with Crippen LogP contribution >= 0.6 is 0 Å². The summed E-state index contributed by atoms with van der Waals surface area (Å²) in [5.41, 5.74) is 1.61. The molecule has 4 heteroatoms. The Balaban J connectivity index is 1.81. The fourth-order valence-electron chi connectivity index (χ4n) is 3.07. The Morgan fingerprint density at radius 1 is 1.24 bits per heavy atom. The van der Waals surface area contributed by atoms with Crippen molar-refractivity contribution >= 4 is 11.8 Å². The van der Waals surface area contributed by atoms with Crippen LogP contribution in [0.2, 0.25) is 0 Å². The molecule has 4 nitrogen and oxygen atoms in total. The Labute approximate surface area is 125 Å². The predicted octanol–water partition coefficient (Wildman–Crippen LogP) is 2.01. The Hall–Kier alpha value is -1.84. The minimum atomic E-state index is -0.710. The number of hydrogen-bond donors (Lipinski definition) is 1. The molecule has 1 atom stereocenters. The number of carbonyl (C=O) groups excluding carboxylic acids is 2. The van der Waals surface area contributed by atoms with E-state index in [1.807, 2.05) is 18.7 Å². The van der Waals surface area contributed by atoms with E-state index < -0.39 is 5.54 Å². The Bertz CT molecular complexity index is 563. The van der Waals surface area contributed by atoms with E-state index >= 15 is 0 Å². The fourth-order valence-corrected chi connectivity index (χ4v) is 3.07. The number of hydrogen-bond acceptors (Lipinski definition) is 2. The van der Waals surface area contributed by atoms with Gasteiger partial charge in [0.1, 0.15) is 5.54 Å². The van der Waals surface area contributed by atoms with Crippen molar-refractivity contribution in [1.82, 2.24) is 10.2 Å². The van der Waals surface area contributed by atoms with Gasteiger partial charge >= 0.3 is 0 Å². The average molecular weight is 286 g/mol. The van der Waals surface area contributed by atoms with Crippen LogP contribution in [0.4, 0.5) is 0 Å². The quantitative estimate of drug-likeness (QED) is 0.924. The van der Waals surface area contributed by atoms with Crippen LogP contribution in [0.5, 0.6) is 0 Å². The lowest BCUT2D eigenvalue weighted by atomic mass is 9.94. The maximum absolute atomic E-state index is 12.9. The monoisotopic (exact) mass is 286 g/mol. The van der Waals surface area contributed by atoms with Crippen molar-refractivity contribution in [2.45, 2.75) is 45.2 Å². The van der Waals surface area contributed by atoms with Gasteiger partial charge in [-0.2, -0.15) is 0 Å². The normalized spacial score (nSPS) is 26.5. The smallest absolute Gasteiger partial charge is 0.248 e. The molecule has 1 aromatic carbocycles. The lowest BCUT2D eigenvalue weighted by Gasteiger charge is -2.32. The maximum Gasteiger partial charge on any atom is 0.248 e. The maximum atomic E-state index is 12.9. The standard InChI is InChI=1S/C17H22N2O2/c1-12-3-5-13(6-4-12)11-19-10-9-15(20)18-17(2,16(19)21)14-7-8-14/h3-6,14H,7-11H2,1-2H3,(H,18,20). The summed E-state index contributed by atoms with van der Waals surface area (Å²) in [6.45, 7) is 5.02. The third kappa shape index (κ3) is 2.80. The largest absolute Gasteiger partial charge is 0.342 e. The van der Waals surface area contributed by atoms with E-state index in [9.17, 15) is 9.59 Å². The molecule has 2 fully saturated rings. The fraction of sp³-hybridized carbons (Fsp3) is 0.529. The van der Waals surface area contributed by atoms with Crippen LogP contribution in [0.1, 0.15) is 37.3 Å². The minimum Gasteiger partial charge on any atom is -0.342 e. The molecule has 3 rings (SSSR count). The molecule has 0 spiro atoms. The number of nitrogens with one attached hydrogen (secondary N) is 1. The van der Waals surface area contributed by atoms with Gasteiger partial charge in [-0.25, -0.2) is 0 Å². The van der Waals surface area contributed by atoms with Crippen LogP contribution in [-0.2, 0) is 16.1 Å². The molecule has 1 saturated carbocycles. The molecule has 1 saturated heterocycles. The van der Waals surface area contributed by atoms with Gasteiger partial charge in [0.2, 0.25) is 11.8 Å². The van der Waals surface area contributed by atoms with E-state index in [1.165, 1.54) is 5.56 Å². The topological polar surface area (TPSA) is 49.4 Å². The summed E-state index contributed by atoms with van der Waals surface area (Å²) in [6.07, 6.45) is 2.45. The molecular weight excluding hydrogens is 264 g/mol. The van der Waals surface area contributed by atoms with Gasteiger partial charge in [-0.3, -0.25) is 9.59 Å². The van der Waals surface area contributed by atoms with Gasteiger partial charge < -0.3 is 10.2 Å². The van der Waals surface area contributed by atoms with Crippen molar-refractivity contribution in [3.8, 4) is 0 Å². The van der Waals surface area contributed by atoms with Gasteiger partial charge in [0.25, 0.3) is 0 Å². The second-order valence-electron chi connectivity index (χ2n) is 6.49. The molecule has 0 bridgehead atoms. The molecule has 1 heterocycles. The molecule has 112 valence electrons. The van der Waals surface area contributed by atoms with E-state index in [0.29, 0.717) is 25.4 Å². The van der Waals surface area contributed by atoms with Crippen molar-refractivity contribution in [1.29, 1.82) is 0 Å². The highest BCUT2D eigenvalue weighted by Gasteiger charge is 2.50. The highest BCUT2D eigenvalue weighted by Crippen LogP contribution is 2.41. The van der Waals surface area contributed by atoms with E-state index in [1.54, 1.807) is 0 Å². The van der Waals surface area contributed by atoms with Gasteiger partial charge in [-0.05, 0) is 38.2 Å². The summed E-state index contributed by atoms with van der Waals surface area (Å²) in [5.74, 6) is 0.355. The molecular formula is C17H22N2O2. The van der Waals surface area contributed by atoms with Crippen LogP contribution in [0, 0.1) is 12.8 Å². The van der Waals surface area contributed by atoms with Gasteiger partial charge in [-0.15, -0.1) is 0 Å². The zero-order valence-electron chi connectivity index (χ0n) is 12.7. The van der Waals surface area contributed by atoms with Crippen LogP contribution in [0.3, 0.4) is 0 Å². The van der Waals surface area contributed by atoms with Gasteiger partial charge in [0.05, 0.1) is 0 Å². The number of benzene rings is 1. The summed E-state index contributed by atoms with van der Waals surface area (Å²) in [5, 5.41) is 2.96. The predicted molar refractivity (Wildman–Crippen MR) is 80.5 cm³/mol. The lowest BCUT2D eigenvalue weighted by molar-refractivity contribution is -0.139. The van der Waals surface area contributed by atoms with Crippen LogP contribution in [-0.4, -0.2) is 28.8 Å². The zero-order valence-corrected chi connectivity index (χ0v) is 12.7. The average Bonchev–Trinajstić information content (AvgIpc) is 3.29. The van der Waals surface area contributed by atoms with Crippen LogP contribution in [0.15, 0.2) is 24.3 Å². The molecule has 1 aromatic rings. The molecule has 2 aliphatic rings. The first-order valence-corrected chi connectivity index (χ1v) is 7.65. The van der Waals surface area contributed by atoms with Crippen LogP contribution in [0.25, 0.3) is 0 Å².